The number of rotatable bonds is 13. The summed E-state index contributed by atoms with van der Waals surface area (Å²) in [6.45, 7) is 5.40. The lowest BCUT2D eigenvalue weighted by atomic mass is 10.1. The molecule has 0 N–H and O–H groups in total. The maximum atomic E-state index is 6.14. The standard InChI is InChI=1S/C25H34O5/c1-25(15-17-28-18-21-8-4-3-5-9-21)20-29-24(30-25)10-6-7-16-27-19-22-11-13-23(26-2)14-12-22/h3-5,8-9,11-14,24H,6-7,10,15-20H2,1-2H3/t24?,25-/m1/s1. The van der Waals surface area contributed by atoms with Crippen LogP contribution >= 0.6 is 0 Å². The highest BCUT2D eigenvalue weighted by Gasteiger charge is 2.36. The minimum absolute atomic E-state index is 0.120. The van der Waals surface area contributed by atoms with Crippen molar-refractivity contribution in [3.63, 3.8) is 0 Å². The zero-order valence-corrected chi connectivity index (χ0v) is 18.2. The third-order valence-corrected chi connectivity index (χ3v) is 5.28. The first-order valence-electron chi connectivity index (χ1n) is 10.8. The van der Waals surface area contributed by atoms with Gasteiger partial charge in [0, 0.05) is 19.6 Å². The first-order valence-corrected chi connectivity index (χ1v) is 10.8. The Labute approximate surface area is 180 Å². The van der Waals surface area contributed by atoms with Gasteiger partial charge < -0.3 is 23.7 Å². The van der Waals surface area contributed by atoms with Gasteiger partial charge in [0.15, 0.2) is 6.29 Å². The van der Waals surface area contributed by atoms with Gasteiger partial charge in [0.1, 0.15) is 5.75 Å². The van der Waals surface area contributed by atoms with E-state index in [1.807, 2.05) is 42.5 Å². The van der Waals surface area contributed by atoms with Crippen molar-refractivity contribution in [3.05, 3.63) is 65.7 Å². The van der Waals surface area contributed by atoms with Crippen molar-refractivity contribution < 1.29 is 23.7 Å². The van der Waals surface area contributed by atoms with Crippen LogP contribution in [-0.4, -0.2) is 38.8 Å². The molecule has 5 heteroatoms. The summed E-state index contributed by atoms with van der Waals surface area (Å²) in [6, 6.07) is 18.2. The van der Waals surface area contributed by atoms with Crippen LogP contribution in [0.5, 0.6) is 5.75 Å². The third kappa shape index (κ3) is 7.73. The van der Waals surface area contributed by atoms with E-state index < -0.39 is 0 Å². The highest BCUT2D eigenvalue weighted by Crippen LogP contribution is 2.28. The molecule has 0 saturated carbocycles. The topological polar surface area (TPSA) is 46.2 Å². The Morgan fingerprint density at radius 1 is 0.900 bits per heavy atom. The van der Waals surface area contributed by atoms with Crippen molar-refractivity contribution in [3.8, 4) is 5.75 Å². The van der Waals surface area contributed by atoms with Crippen LogP contribution < -0.4 is 4.74 Å². The summed E-state index contributed by atoms with van der Waals surface area (Å²) in [5.41, 5.74) is 2.09. The van der Waals surface area contributed by atoms with Crippen LogP contribution in [-0.2, 0) is 32.2 Å². The van der Waals surface area contributed by atoms with Crippen LogP contribution in [0.2, 0.25) is 0 Å². The molecule has 2 aromatic carbocycles. The number of methoxy groups -OCH3 is 1. The molecular formula is C25H34O5. The first kappa shape index (κ1) is 22.8. The summed E-state index contributed by atoms with van der Waals surface area (Å²) in [5, 5.41) is 0. The number of hydrogen-bond acceptors (Lipinski definition) is 5. The second kappa shape index (κ2) is 12.1. The molecule has 2 aromatic rings. The molecule has 0 aliphatic carbocycles. The third-order valence-electron chi connectivity index (χ3n) is 5.28. The SMILES string of the molecule is COc1ccc(COCCCCC2OC[C@@](C)(CCOCc3ccccc3)O2)cc1. The van der Waals surface area contributed by atoms with Crippen molar-refractivity contribution in [1.82, 2.24) is 0 Å². The fourth-order valence-corrected chi connectivity index (χ4v) is 3.41. The van der Waals surface area contributed by atoms with Gasteiger partial charge >= 0.3 is 0 Å². The average Bonchev–Trinajstić information content (AvgIpc) is 3.16. The second-order valence-electron chi connectivity index (χ2n) is 7.99. The van der Waals surface area contributed by atoms with E-state index in [0.717, 1.165) is 43.6 Å². The summed E-state index contributed by atoms with van der Waals surface area (Å²) in [5.74, 6) is 0.866. The fraction of sp³-hybridized carbons (Fsp3) is 0.520. The number of benzene rings is 2. The van der Waals surface area contributed by atoms with Crippen LogP contribution in [0.4, 0.5) is 0 Å². The van der Waals surface area contributed by atoms with Crippen molar-refractivity contribution >= 4 is 0 Å². The second-order valence-corrected chi connectivity index (χ2v) is 7.99. The maximum Gasteiger partial charge on any atom is 0.158 e. The Morgan fingerprint density at radius 2 is 1.60 bits per heavy atom. The zero-order chi connectivity index (χ0) is 21.1. The Hall–Kier alpha value is -1.92. The van der Waals surface area contributed by atoms with E-state index in [1.165, 1.54) is 5.56 Å². The Bertz CT molecular complexity index is 718. The summed E-state index contributed by atoms with van der Waals surface area (Å²) in [6.07, 6.45) is 3.63. The molecule has 1 fully saturated rings. The molecule has 0 spiro atoms. The molecule has 3 rings (SSSR count). The maximum absolute atomic E-state index is 6.14. The van der Waals surface area contributed by atoms with Gasteiger partial charge in [0.2, 0.25) is 0 Å². The quantitative estimate of drug-likeness (QED) is 0.426. The molecule has 1 saturated heterocycles. The van der Waals surface area contributed by atoms with E-state index in [2.05, 4.69) is 19.1 Å². The van der Waals surface area contributed by atoms with E-state index in [-0.39, 0.29) is 11.9 Å². The predicted octanol–water partition coefficient (Wildman–Crippen LogP) is 5.12. The molecular weight excluding hydrogens is 380 g/mol. The Kier molecular flexibility index (Phi) is 9.15. The van der Waals surface area contributed by atoms with Crippen LogP contribution in [0, 0.1) is 0 Å². The van der Waals surface area contributed by atoms with Gasteiger partial charge in [-0.15, -0.1) is 0 Å². The minimum Gasteiger partial charge on any atom is -0.497 e. The van der Waals surface area contributed by atoms with Crippen LogP contribution in [0.1, 0.15) is 43.7 Å². The molecule has 1 heterocycles. The largest absolute Gasteiger partial charge is 0.497 e. The number of hydrogen-bond donors (Lipinski definition) is 0. The summed E-state index contributed by atoms with van der Waals surface area (Å²) >= 11 is 0. The molecule has 164 valence electrons. The van der Waals surface area contributed by atoms with Gasteiger partial charge in [-0.1, -0.05) is 42.5 Å². The average molecular weight is 415 g/mol. The van der Waals surface area contributed by atoms with Gasteiger partial charge in [0.05, 0.1) is 32.5 Å². The molecule has 30 heavy (non-hydrogen) atoms. The molecule has 1 aliphatic heterocycles. The van der Waals surface area contributed by atoms with E-state index >= 15 is 0 Å². The van der Waals surface area contributed by atoms with Crippen molar-refractivity contribution in [2.45, 2.75) is 57.7 Å². The number of ether oxygens (including phenoxy) is 5. The molecule has 0 radical (unpaired) electrons. The lowest BCUT2D eigenvalue weighted by Crippen LogP contribution is -2.29. The number of unbranched alkanes of at least 4 members (excludes halogenated alkanes) is 1. The molecule has 0 amide bonds. The van der Waals surface area contributed by atoms with E-state index in [1.54, 1.807) is 7.11 Å². The van der Waals surface area contributed by atoms with Crippen LogP contribution in [0.3, 0.4) is 0 Å². The van der Waals surface area contributed by atoms with Gasteiger partial charge in [-0.25, -0.2) is 0 Å². The van der Waals surface area contributed by atoms with Crippen molar-refractivity contribution in [2.24, 2.45) is 0 Å². The molecule has 5 nitrogen and oxygen atoms in total. The molecule has 0 bridgehead atoms. The van der Waals surface area contributed by atoms with Crippen molar-refractivity contribution in [1.29, 1.82) is 0 Å². The smallest absolute Gasteiger partial charge is 0.158 e. The van der Waals surface area contributed by atoms with E-state index in [4.69, 9.17) is 23.7 Å². The molecule has 0 aromatic heterocycles. The van der Waals surface area contributed by atoms with Gasteiger partial charge in [-0.05, 0) is 49.4 Å². The highest BCUT2D eigenvalue weighted by atomic mass is 16.7. The molecule has 1 unspecified atom stereocenters. The highest BCUT2D eigenvalue weighted by molar-refractivity contribution is 5.26. The van der Waals surface area contributed by atoms with Gasteiger partial charge in [-0.2, -0.15) is 0 Å². The fourth-order valence-electron chi connectivity index (χ4n) is 3.41. The first-order chi connectivity index (χ1) is 14.7. The molecule has 1 aliphatic rings. The van der Waals surface area contributed by atoms with Crippen LogP contribution in [0.15, 0.2) is 54.6 Å². The summed E-state index contributed by atoms with van der Waals surface area (Å²) in [7, 11) is 1.67. The summed E-state index contributed by atoms with van der Waals surface area (Å²) < 4.78 is 28.7. The Balaban J connectivity index is 1.22. The minimum atomic E-state index is -0.258. The monoisotopic (exact) mass is 414 g/mol. The zero-order valence-electron chi connectivity index (χ0n) is 18.2. The van der Waals surface area contributed by atoms with Gasteiger partial charge in [-0.3, -0.25) is 0 Å². The van der Waals surface area contributed by atoms with E-state index in [9.17, 15) is 0 Å². The van der Waals surface area contributed by atoms with E-state index in [0.29, 0.717) is 26.4 Å². The molecule has 2 atom stereocenters. The normalized spacial score (nSPS) is 21.1. The Morgan fingerprint density at radius 3 is 2.33 bits per heavy atom. The predicted molar refractivity (Wildman–Crippen MR) is 116 cm³/mol. The lowest BCUT2D eigenvalue weighted by Gasteiger charge is -2.22. The van der Waals surface area contributed by atoms with Gasteiger partial charge in [0.25, 0.3) is 0 Å². The van der Waals surface area contributed by atoms with Crippen molar-refractivity contribution in [2.75, 3.05) is 26.9 Å². The summed E-state index contributed by atoms with van der Waals surface area (Å²) in [4.78, 5) is 0. The van der Waals surface area contributed by atoms with Crippen LogP contribution in [0.25, 0.3) is 0 Å². The lowest BCUT2D eigenvalue weighted by molar-refractivity contribution is -0.0961.